The molecule has 0 atom stereocenters. The Kier molecular flexibility index (Phi) is 5.39. The predicted octanol–water partition coefficient (Wildman–Crippen LogP) is 0.834. The summed E-state index contributed by atoms with van der Waals surface area (Å²) in [6.07, 6.45) is 0.808. The van der Waals surface area contributed by atoms with Crippen LogP contribution in [0.2, 0.25) is 0 Å². The smallest absolute Gasteiger partial charge is 0.327 e. The van der Waals surface area contributed by atoms with Crippen LogP contribution < -0.4 is 5.69 Å². The van der Waals surface area contributed by atoms with E-state index < -0.39 is 5.54 Å². The molecule has 110 valence electrons. The van der Waals surface area contributed by atoms with E-state index >= 15 is 0 Å². The van der Waals surface area contributed by atoms with E-state index in [0.29, 0.717) is 11.7 Å². The summed E-state index contributed by atoms with van der Waals surface area (Å²) in [5, 5.41) is 15.8. The van der Waals surface area contributed by atoms with Gasteiger partial charge in [-0.05, 0) is 20.3 Å². The molecular weight excluding hydrogens is 278 g/mol. The van der Waals surface area contributed by atoms with Crippen LogP contribution in [0.4, 0.5) is 0 Å². The molecule has 1 N–H and O–H groups in total. The fourth-order valence-corrected chi connectivity index (χ4v) is 2.33. The van der Waals surface area contributed by atoms with Gasteiger partial charge in [-0.3, -0.25) is 9.36 Å². The van der Waals surface area contributed by atoms with Crippen molar-refractivity contribution >= 4 is 17.7 Å². The first kappa shape index (κ1) is 16.3. The fourth-order valence-electron chi connectivity index (χ4n) is 1.44. The zero-order valence-corrected chi connectivity index (χ0v) is 13.0. The van der Waals surface area contributed by atoms with E-state index in [0.717, 1.165) is 6.42 Å². The normalized spacial score (nSPS) is 11.2. The molecule has 0 bridgehead atoms. The van der Waals surface area contributed by atoms with Crippen LogP contribution in [-0.4, -0.2) is 43.9 Å². The number of aromatic nitrogens is 3. The Morgan fingerprint density at radius 2 is 2.25 bits per heavy atom. The molecule has 0 saturated heterocycles. The molecule has 20 heavy (non-hydrogen) atoms. The lowest BCUT2D eigenvalue weighted by molar-refractivity contribution is -0.130. The third-order valence-corrected chi connectivity index (χ3v) is 3.94. The van der Waals surface area contributed by atoms with Crippen molar-refractivity contribution in [3.8, 4) is 6.07 Å². The highest BCUT2D eigenvalue weighted by molar-refractivity contribution is 7.99. The minimum Gasteiger partial charge on any atom is -0.327 e. The number of nitrogens with one attached hydrogen (secondary N) is 1. The van der Waals surface area contributed by atoms with E-state index in [-0.39, 0.29) is 17.3 Å². The van der Waals surface area contributed by atoms with E-state index in [4.69, 9.17) is 5.26 Å². The summed E-state index contributed by atoms with van der Waals surface area (Å²) < 4.78 is 1.51. The number of carbonyl (C=O) groups is 1. The van der Waals surface area contributed by atoms with Crippen molar-refractivity contribution in [1.29, 1.82) is 5.26 Å². The highest BCUT2D eigenvalue weighted by Crippen LogP contribution is 2.17. The van der Waals surface area contributed by atoms with Gasteiger partial charge in [0.2, 0.25) is 5.91 Å². The molecule has 1 rings (SSSR count). The molecule has 0 fully saturated rings. The van der Waals surface area contributed by atoms with E-state index in [1.54, 1.807) is 20.9 Å². The van der Waals surface area contributed by atoms with Gasteiger partial charge in [0, 0.05) is 13.6 Å². The van der Waals surface area contributed by atoms with Gasteiger partial charge in [-0.25, -0.2) is 9.89 Å². The second kappa shape index (κ2) is 6.61. The van der Waals surface area contributed by atoms with Crippen LogP contribution in [0.5, 0.6) is 0 Å². The number of nitrogens with zero attached hydrogens (tertiary/aromatic N) is 4. The van der Waals surface area contributed by atoms with E-state index in [1.165, 1.54) is 21.2 Å². The average molecular weight is 297 g/mol. The molecule has 1 aromatic rings. The van der Waals surface area contributed by atoms with Crippen molar-refractivity contribution in [2.75, 3.05) is 12.8 Å². The molecule has 0 spiro atoms. The maximum Gasteiger partial charge on any atom is 0.343 e. The van der Waals surface area contributed by atoms with Gasteiger partial charge in [-0.2, -0.15) is 5.26 Å². The van der Waals surface area contributed by atoms with E-state index in [2.05, 4.69) is 16.3 Å². The maximum absolute atomic E-state index is 12.0. The third-order valence-electron chi connectivity index (χ3n) is 2.98. The van der Waals surface area contributed by atoms with Gasteiger partial charge in [0.1, 0.15) is 5.54 Å². The molecule has 1 amide bonds. The van der Waals surface area contributed by atoms with Crippen molar-refractivity contribution in [1.82, 2.24) is 19.7 Å². The highest BCUT2D eigenvalue weighted by atomic mass is 32.2. The van der Waals surface area contributed by atoms with Gasteiger partial charge in [0.25, 0.3) is 0 Å². The monoisotopic (exact) mass is 297 g/mol. The summed E-state index contributed by atoms with van der Waals surface area (Å²) in [7, 11) is 1.59. The van der Waals surface area contributed by atoms with Crippen LogP contribution in [0.3, 0.4) is 0 Å². The third kappa shape index (κ3) is 3.63. The summed E-state index contributed by atoms with van der Waals surface area (Å²) in [5.74, 6) is -0.0460. The van der Waals surface area contributed by atoms with Crippen LogP contribution in [0, 0.1) is 11.3 Å². The van der Waals surface area contributed by atoms with Gasteiger partial charge in [-0.15, -0.1) is 5.10 Å². The second-order valence-electron chi connectivity index (χ2n) is 4.88. The van der Waals surface area contributed by atoms with Gasteiger partial charge in [-0.1, -0.05) is 18.7 Å². The van der Waals surface area contributed by atoms with Crippen molar-refractivity contribution in [3.63, 3.8) is 0 Å². The average Bonchev–Trinajstić information content (AvgIpc) is 2.77. The van der Waals surface area contributed by atoms with Crippen LogP contribution in [-0.2, 0) is 11.3 Å². The molecule has 0 aliphatic rings. The lowest BCUT2D eigenvalue weighted by Crippen LogP contribution is -2.44. The van der Waals surface area contributed by atoms with Crippen LogP contribution in [0.25, 0.3) is 0 Å². The lowest BCUT2D eigenvalue weighted by atomic mass is 10.1. The molecule has 0 radical (unpaired) electrons. The summed E-state index contributed by atoms with van der Waals surface area (Å²) in [5.41, 5.74) is -1.13. The van der Waals surface area contributed by atoms with Crippen molar-refractivity contribution in [2.24, 2.45) is 0 Å². The van der Waals surface area contributed by atoms with Crippen LogP contribution in [0.1, 0.15) is 27.2 Å². The predicted molar refractivity (Wildman–Crippen MR) is 76.3 cm³/mol. The number of hydrogen-bond acceptors (Lipinski definition) is 5. The number of thioether (sulfide) groups is 1. The quantitative estimate of drug-likeness (QED) is 0.785. The Balaban J connectivity index is 2.71. The first-order valence-electron chi connectivity index (χ1n) is 6.29. The molecule has 0 unspecified atom stereocenters. The number of aromatic amines is 1. The van der Waals surface area contributed by atoms with Crippen molar-refractivity contribution < 1.29 is 4.79 Å². The molecular formula is C12H19N5O2S. The van der Waals surface area contributed by atoms with Crippen LogP contribution >= 0.6 is 11.8 Å². The number of H-pyrrole nitrogens is 1. The molecule has 0 aromatic carbocycles. The first-order valence-corrected chi connectivity index (χ1v) is 7.28. The Labute approximate surface area is 122 Å². The molecule has 0 aliphatic heterocycles. The molecule has 1 heterocycles. The lowest BCUT2D eigenvalue weighted by Gasteiger charge is -2.28. The summed E-state index contributed by atoms with van der Waals surface area (Å²) >= 11 is 1.19. The second-order valence-corrected chi connectivity index (χ2v) is 5.82. The van der Waals surface area contributed by atoms with Gasteiger partial charge < -0.3 is 4.90 Å². The molecule has 8 heteroatoms. The number of carbonyl (C=O) groups excluding carboxylic acids is 1. The Morgan fingerprint density at radius 3 is 2.80 bits per heavy atom. The summed E-state index contributed by atoms with van der Waals surface area (Å²) in [6, 6.07) is 2.07. The molecule has 0 aliphatic carbocycles. The molecule has 7 nitrogen and oxygen atoms in total. The number of hydrogen-bond donors (Lipinski definition) is 1. The Bertz CT molecular complexity index is 569. The summed E-state index contributed by atoms with van der Waals surface area (Å²) in [4.78, 5) is 24.9. The van der Waals surface area contributed by atoms with Crippen LogP contribution in [0.15, 0.2) is 9.95 Å². The molecule has 1 aromatic heterocycles. The fraction of sp³-hybridized carbons (Fsp3) is 0.667. The van der Waals surface area contributed by atoms with Gasteiger partial charge in [0.05, 0.1) is 11.8 Å². The SMILES string of the molecule is CCCn1c(SCC(=O)N(C)C(C)(C)C#N)n[nH]c1=O. The topological polar surface area (TPSA) is 94.8 Å². The van der Waals surface area contributed by atoms with E-state index in [1.807, 2.05) is 6.92 Å². The van der Waals surface area contributed by atoms with E-state index in [9.17, 15) is 9.59 Å². The van der Waals surface area contributed by atoms with Gasteiger partial charge in [0.15, 0.2) is 5.16 Å². The van der Waals surface area contributed by atoms with Crippen molar-refractivity contribution in [3.05, 3.63) is 10.5 Å². The van der Waals surface area contributed by atoms with Crippen molar-refractivity contribution in [2.45, 2.75) is 44.4 Å². The molecule has 0 saturated carbocycles. The zero-order valence-electron chi connectivity index (χ0n) is 12.1. The maximum atomic E-state index is 12.0. The highest BCUT2D eigenvalue weighted by Gasteiger charge is 2.27. The first-order chi connectivity index (χ1) is 9.33. The number of amides is 1. The largest absolute Gasteiger partial charge is 0.343 e. The Morgan fingerprint density at radius 1 is 1.60 bits per heavy atom. The van der Waals surface area contributed by atoms with Gasteiger partial charge >= 0.3 is 5.69 Å². The minimum atomic E-state index is -0.855. The standard InChI is InChI=1S/C12H19N5O2S/c1-5-6-17-10(19)14-15-11(17)20-7-9(18)16(4)12(2,3)8-13/h5-7H2,1-4H3,(H,14,19). The zero-order chi connectivity index (χ0) is 15.3. The summed E-state index contributed by atoms with van der Waals surface area (Å²) in [6.45, 7) is 5.88. The number of rotatable bonds is 6. The Hall–Kier alpha value is -1.75. The number of nitriles is 1. The minimum absolute atomic E-state index is 0.135.